The van der Waals surface area contributed by atoms with E-state index in [0.717, 1.165) is 31.5 Å². The molecule has 7 heteroatoms. The molecule has 0 radical (unpaired) electrons. The van der Waals surface area contributed by atoms with Crippen LogP contribution in [0.3, 0.4) is 0 Å². The molecular formula is C22H25ClFN3O2. The number of likely N-dealkylation sites (tertiary alicyclic amines) is 1. The highest BCUT2D eigenvalue weighted by Gasteiger charge is 2.28. The first-order valence-electron chi connectivity index (χ1n) is 9.74. The van der Waals surface area contributed by atoms with Gasteiger partial charge < -0.3 is 15.5 Å². The molecule has 2 aliphatic rings. The van der Waals surface area contributed by atoms with E-state index in [4.69, 9.17) is 0 Å². The second-order valence-electron chi connectivity index (χ2n) is 7.52. The fraction of sp³-hybridized carbons (Fsp3) is 0.364. The number of nitrogens with one attached hydrogen (secondary N) is 2. The van der Waals surface area contributed by atoms with Gasteiger partial charge in [0.1, 0.15) is 5.82 Å². The zero-order valence-electron chi connectivity index (χ0n) is 16.1. The van der Waals surface area contributed by atoms with E-state index in [1.807, 2.05) is 0 Å². The van der Waals surface area contributed by atoms with E-state index >= 15 is 0 Å². The van der Waals surface area contributed by atoms with Crippen LogP contribution in [0.4, 0.5) is 4.39 Å². The van der Waals surface area contributed by atoms with Crippen molar-refractivity contribution in [3.63, 3.8) is 0 Å². The highest BCUT2D eigenvalue weighted by atomic mass is 35.5. The van der Waals surface area contributed by atoms with Crippen molar-refractivity contribution < 1.29 is 14.0 Å². The number of rotatable bonds is 4. The maximum Gasteiger partial charge on any atom is 0.253 e. The predicted octanol–water partition coefficient (Wildman–Crippen LogP) is 3.02. The van der Waals surface area contributed by atoms with E-state index in [1.165, 1.54) is 35.4 Å². The molecule has 1 saturated heterocycles. The van der Waals surface area contributed by atoms with Crippen molar-refractivity contribution >= 4 is 24.2 Å². The molecule has 1 unspecified atom stereocenters. The van der Waals surface area contributed by atoms with E-state index in [-0.39, 0.29) is 36.0 Å². The lowest BCUT2D eigenvalue weighted by Crippen LogP contribution is -2.45. The number of fused-ring (bicyclic) bond motifs is 1. The molecule has 2 aliphatic heterocycles. The van der Waals surface area contributed by atoms with E-state index in [2.05, 4.69) is 28.8 Å². The van der Waals surface area contributed by atoms with E-state index in [0.29, 0.717) is 25.2 Å². The third-order valence-corrected chi connectivity index (χ3v) is 5.54. The third-order valence-electron chi connectivity index (χ3n) is 5.54. The van der Waals surface area contributed by atoms with Crippen LogP contribution in [-0.2, 0) is 24.4 Å². The van der Waals surface area contributed by atoms with Crippen molar-refractivity contribution in [3.05, 3.63) is 70.5 Å². The molecule has 2 heterocycles. The molecule has 5 nitrogen and oxygen atoms in total. The Bertz CT molecular complexity index is 888. The van der Waals surface area contributed by atoms with Gasteiger partial charge in [-0.05, 0) is 53.8 Å². The summed E-state index contributed by atoms with van der Waals surface area (Å²) in [7, 11) is 0. The maximum absolute atomic E-state index is 13.1. The zero-order valence-corrected chi connectivity index (χ0v) is 16.9. The number of halogens is 2. The number of piperidine rings is 1. The second-order valence-corrected chi connectivity index (χ2v) is 7.52. The Kier molecular flexibility index (Phi) is 6.87. The Labute approximate surface area is 176 Å². The van der Waals surface area contributed by atoms with Gasteiger partial charge in [-0.15, -0.1) is 12.4 Å². The maximum atomic E-state index is 13.1. The van der Waals surface area contributed by atoms with Gasteiger partial charge in [0.25, 0.3) is 5.91 Å². The Morgan fingerprint density at radius 2 is 1.86 bits per heavy atom. The molecule has 2 N–H and O–H groups in total. The van der Waals surface area contributed by atoms with Crippen LogP contribution in [0.15, 0.2) is 42.5 Å². The molecule has 0 bridgehead atoms. The van der Waals surface area contributed by atoms with Crippen LogP contribution >= 0.6 is 12.4 Å². The van der Waals surface area contributed by atoms with Crippen molar-refractivity contribution in [1.82, 2.24) is 15.5 Å². The minimum absolute atomic E-state index is 0. The SMILES string of the molecule is Cl.O=C(NCc1ccc2c(c1)CNC2)C1CCCN(C(=O)c2ccc(F)cc2)C1. The minimum Gasteiger partial charge on any atom is -0.352 e. The van der Waals surface area contributed by atoms with Crippen LogP contribution in [0.5, 0.6) is 0 Å². The van der Waals surface area contributed by atoms with Crippen LogP contribution in [0, 0.1) is 11.7 Å². The monoisotopic (exact) mass is 417 g/mol. The Morgan fingerprint density at radius 3 is 2.66 bits per heavy atom. The number of amides is 2. The molecule has 2 aromatic carbocycles. The summed E-state index contributed by atoms with van der Waals surface area (Å²) in [6.07, 6.45) is 1.56. The minimum atomic E-state index is -0.366. The normalized spacial score (nSPS) is 18.0. The topological polar surface area (TPSA) is 61.4 Å². The van der Waals surface area contributed by atoms with Crippen molar-refractivity contribution in [2.45, 2.75) is 32.5 Å². The molecule has 1 atom stereocenters. The van der Waals surface area contributed by atoms with Gasteiger partial charge in [-0.1, -0.05) is 18.2 Å². The molecule has 154 valence electrons. The van der Waals surface area contributed by atoms with Crippen molar-refractivity contribution in [2.75, 3.05) is 13.1 Å². The van der Waals surface area contributed by atoms with E-state index in [1.54, 1.807) is 4.90 Å². The van der Waals surface area contributed by atoms with Gasteiger partial charge >= 0.3 is 0 Å². The molecule has 4 rings (SSSR count). The summed E-state index contributed by atoms with van der Waals surface area (Å²) in [6.45, 7) is 3.30. The second kappa shape index (κ2) is 9.37. The predicted molar refractivity (Wildman–Crippen MR) is 111 cm³/mol. The van der Waals surface area contributed by atoms with Crippen molar-refractivity contribution in [3.8, 4) is 0 Å². The summed E-state index contributed by atoms with van der Waals surface area (Å²) in [5.41, 5.74) is 4.15. The van der Waals surface area contributed by atoms with Crippen LogP contribution in [0.1, 0.15) is 39.9 Å². The molecule has 29 heavy (non-hydrogen) atoms. The van der Waals surface area contributed by atoms with E-state index in [9.17, 15) is 14.0 Å². The quantitative estimate of drug-likeness (QED) is 0.803. The standard InChI is InChI=1S/C22H24FN3O2.ClH/c23-20-7-5-16(6-8-20)22(28)26-9-1-2-18(14-26)21(27)25-11-15-3-4-17-12-24-13-19(17)10-15;/h3-8,10,18,24H,1-2,9,11-14H2,(H,25,27);1H. The Hall–Kier alpha value is -2.44. The smallest absolute Gasteiger partial charge is 0.253 e. The van der Waals surface area contributed by atoms with Crippen LogP contribution in [0.2, 0.25) is 0 Å². The van der Waals surface area contributed by atoms with Crippen molar-refractivity contribution in [2.24, 2.45) is 5.92 Å². The fourth-order valence-electron chi connectivity index (χ4n) is 3.94. The highest BCUT2D eigenvalue weighted by molar-refractivity contribution is 5.94. The van der Waals surface area contributed by atoms with Crippen LogP contribution < -0.4 is 10.6 Å². The zero-order chi connectivity index (χ0) is 19.5. The Balaban J connectivity index is 0.00000240. The molecule has 1 fully saturated rings. The number of hydrogen-bond donors (Lipinski definition) is 2. The molecule has 2 amide bonds. The summed E-state index contributed by atoms with van der Waals surface area (Å²) in [5.74, 6) is -0.747. The van der Waals surface area contributed by atoms with Gasteiger partial charge in [-0.3, -0.25) is 9.59 Å². The number of carbonyl (C=O) groups excluding carboxylic acids is 2. The first-order valence-corrected chi connectivity index (χ1v) is 9.74. The average molecular weight is 418 g/mol. The molecular weight excluding hydrogens is 393 g/mol. The number of nitrogens with zero attached hydrogens (tertiary/aromatic N) is 1. The Morgan fingerprint density at radius 1 is 1.10 bits per heavy atom. The van der Waals surface area contributed by atoms with Gasteiger partial charge in [-0.25, -0.2) is 4.39 Å². The van der Waals surface area contributed by atoms with Gasteiger partial charge in [0.15, 0.2) is 0 Å². The summed E-state index contributed by atoms with van der Waals surface area (Å²) in [5, 5.41) is 6.34. The van der Waals surface area contributed by atoms with Crippen LogP contribution in [-0.4, -0.2) is 29.8 Å². The lowest BCUT2D eigenvalue weighted by molar-refractivity contribution is -0.126. The van der Waals surface area contributed by atoms with Crippen molar-refractivity contribution in [1.29, 1.82) is 0 Å². The van der Waals surface area contributed by atoms with Gasteiger partial charge in [0, 0.05) is 38.3 Å². The lowest BCUT2D eigenvalue weighted by atomic mass is 9.96. The third kappa shape index (κ3) is 4.95. The molecule has 0 aromatic heterocycles. The van der Waals surface area contributed by atoms with Gasteiger partial charge in [0.05, 0.1) is 5.92 Å². The van der Waals surface area contributed by atoms with Gasteiger partial charge in [0.2, 0.25) is 5.91 Å². The molecule has 0 aliphatic carbocycles. The van der Waals surface area contributed by atoms with E-state index < -0.39 is 0 Å². The lowest BCUT2D eigenvalue weighted by Gasteiger charge is -2.32. The first-order chi connectivity index (χ1) is 13.6. The molecule has 2 aromatic rings. The first kappa shape index (κ1) is 21.3. The summed E-state index contributed by atoms with van der Waals surface area (Å²) < 4.78 is 13.1. The molecule has 0 saturated carbocycles. The summed E-state index contributed by atoms with van der Waals surface area (Å²) >= 11 is 0. The van der Waals surface area contributed by atoms with Gasteiger partial charge in [-0.2, -0.15) is 0 Å². The fourth-order valence-corrected chi connectivity index (χ4v) is 3.94. The highest BCUT2D eigenvalue weighted by Crippen LogP contribution is 2.20. The number of hydrogen-bond acceptors (Lipinski definition) is 3. The van der Waals surface area contributed by atoms with Crippen LogP contribution in [0.25, 0.3) is 0 Å². The summed E-state index contributed by atoms with van der Waals surface area (Å²) in [6, 6.07) is 11.9. The molecule has 0 spiro atoms. The largest absolute Gasteiger partial charge is 0.352 e. The number of benzene rings is 2. The summed E-state index contributed by atoms with van der Waals surface area (Å²) in [4.78, 5) is 27.0. The number of carbonyl (C=O) groups is 2. The average Bonchev–Trinajstić information content (AvgIpc) is 3.20.